The molecule has 0 radical (unpaired) electrons. The molecule has 2 rings (SSSR count). The summed E-state index contributed by atoms with van der Waals surface area (Å²) < 4.78 is 5.38. The van der Waals surface area contributed by atoms with Gasteiger partial charge in [0.15, 0.2) is 6.10 Å². The Labute approximate surface area is 202 Å². The summed E-state index contributed by atoms with van der Waals surface area (Å²) in [7, 11) is 0. The first kappa shape index (κ1) is 27.0. The lowest BCUT2D eigenvalue weighted by molar-refractivity contribution is -0.149. The van der Waals surface area contributed by atoms with Gasteiger partial charge in [-0.2, -0.15) is 0 Å². The number of carboxylic acid groups (broad SMARTS) is 1. The Kier molecular flexibility index (Phi) is 11.0. The largest absolute Gasteiger partial charge is 0.479 e. The number of aromatic nitrogens is 1. The number of hydrogen-bond acceptors (Lipinski definition) is 6. The number of ether oxygens (including phenoxy) is 1. The first-order valence-corrected chi connectivity index (χ1v) is 12.0. The summed E-state index contributed by atoms with van der Waals surface area (Å²) in [5.74, 6) is -0.151. The fraction of sp³-hybridized carbons (Fsp3) is 0.560. The Hall–Kier alpha value is -2.22. The maximum Gasteiger partial charge on any atom is 0.332 e. The molecule has 0 aliphatic heterocycles. The molecule has 0 aromatic carbocycles. The van der Waals surface area contributed by atoms with Crippen molar-refractivity contribution in [3.05, 3.63) is 47.3 Å². The number of nitrogens with zero attached hydrogens (tertiary/aromatic N) is 2. The van der Waals surface area contributed by atoms with Crippen molar-refractivity contribution in [1.82, 2.24) is 10.3 Å². The minimum atomic E-state index is -0.938. The van der Waals surface area contributed by atoms with Crippen molar-refractivity contribution in [2.45, 2.75) is 84.0 Å². The molecule has 1 aliphatic rings. The normalized spacial score (nSPS) is 21.1. The number of anilines is 1. The predicted molar refractivity (Wildman–Crippen MR) is 135 cm³/mol. The van der Waals surface area contributed by atoms with E-state index < -0.39 is 12.1 Å². The Balaban J connectivity index is 1.92. The van der Waals surface area contributed by atoms with Gasteiger partial charge in [-0.05, 0) is 65.0 Å². The second-order valence-electron chi connectivity index (χ2n) is 8.54. The van der Waals surface area contributed by atoms with Gasteiger partial charge in [0, 0.05) is 35.6 Å². The van der Waals surface area contributed by atoms with Crippen LogP contribution in [-0.4, -0.2) is 52.6 Å². The van der Waals surface area contributed by atoms with Gasteiger partial charge in [-0.1, -0.05) is 31.2 Å². The molecule has 1 aromatic heterocycles. The van der Waals surface area contributed by atoms with Crippen LogP contribution in [0.5, 0.6) is 0 Å². The van der Waals surface area contributed by atoms with Crippen LogP contribution < -0.4 is 10.6 Å². The van der Waals surface area contributed by atoms with Crippen LogP contribution in [-0.2, 0) is 9.53 Å². The smallest absolute Gasteiger partial charge is 0.332 e. The van der Waals surface area contributed by atoms with E-state index in [2.05, 4.69) is 27.2 Å². The summed E-state index contributed by atoms with van der Waals surface area (Å²) in [6, 6.07) is 2.78. The molecule has 1 heterocycles. The zero-order valence-electron chi connectivity index (χ0n) is 20.1. The van der Waals surface area contributed by atoms with E-state index in [0.29, 0.717) is 23.7 Å². The molecule has 1 saturated carbocycles. The van der Waals surface area contributed by atoms with E-state index in [0.717, 1.165) is 54.9 Å². The third kappa shape index (κ3) is 8.91. The number of carboxylic acids is 1. The highest BCUT2D eigenvalue weighted by atomic mass is 35.5. The molecule has 0 spiro atoms. The number of halogens is 1. The van der Waals surface area contributed by atoms with E-state index in [1.165, 1.54) is 0 Å². The van der Waals surface area contributed by atoms with E-state index in [1.54, 1.807) is 13.1 Å². The average Bonchev–Trinajstić information content (AvgIpc) is 2.79. The van der Waals surface area contributed by atoms with Crippen LogP contribution in [0, 0.1) is 0 Å². The van der Waals surface area contributed by atoms with Crippen molar-refractivity contribution in [2.24, 2.45) is 4.99 Å². The van der Waals surface area contributed by atoms with Gasteiger partial charge in [-0.15, -0.1) is 0 Å². The third-order valence-corrected chi connectivity index (χ3v) is 5.99. The molecule has 0 unspecified atom stereocenters. The molecule has 0 saturated heterocycles. The average molecular weight is 477 g/mol. The molecule has 182 valence electrons. The van der Waals surface area contributed by atoms with E-state index in [9.17, 15) is 4.79 Å². The summed E-state index contributed by atoms with van der Waals surface area (Å²) >= 11 is 6.44. The second-order valence-corrected chi connectivity index (χ2v) is 8.95. The number of rotatable bonds is 12. The third-order valence-electron chi connectivity index (χ3n) is 5.69. The van der Waals surface area contributed by atoms with Gasteiger partial charge in [0.1, 0.15) is 5.82 Å². The van der Waals surface area contributed by atoms with E-state index >= 15 is 0 Å². The molecule has 3 N–H and O–H groups in total. The summed E-state index contributed by atoms with van der Waals surface area (Å²) in [5, 5.41) is 16.6. The Morgan fingerprint density at radius 2 is 2.03 bits per heavy atom. The van der Waals surface area contributed by atoms with Crippen molar-refractivity contribution < 1.29 is 14.6 Å². The van der Waals surface area contributed by atoms with Gasteiger partial charge in [-0.3, -0.25) is 4.99 Å². The minimum absolute atomic E-state index is 0.101. The zero-order chi connectivity index (χ0) is 24.4. The van der Waals surface area contributed by atoms with Crippen LogP contribution in [0.25, 0.3) is 0 Å². The van der Waals surface area contributed by atoms with Gasteiger partial charge in [-0.25, -0.2) is 9.78 Å². The molecule has 1 fully saturated rings. The van der Waals surface area contributed by atoms with Crippen LogP contribution >= 0.6 is 11.6 Å². The number of hydrogen-bond donors (Lipinski definition) is 3. The molecular formula is C25H37ClN4O3. The molecule has 1 aliphatic carbocycles. The monoisotopic (exact) mass is 476 g/mol. The van der Waals surface area contributed by atoms with Crippen molar-refractivity contribution in [2.75, 3.05) is 11.9 Å². The highest BCUT2D eigenvalue weighted by molar-refractivity contribution is 6.35. The Bertz CT molecular complexity index is 863. The summed E-state index contributed by atoms with van der Waals surface area (Å²) in [4.78, 5) is 20.0. The fourth-order valence-electron chi connectivity index (χ4n) is 3.73. The maximum absolute atomic E-state index is 10.9. The number of allylic oxidation sites excluding steroid dienone is 3. The van der Waals surface area contributed by atoms with Gasteiger partial charge in [0.25, 0.3) is 0 Å². The minimum Gasteiger partial charge on any atom is -0.479 e. The highest BCUT2D eigenvalue weighted by Gasteiger charge is 2.23. The molecule has 0 bridgehead atoms. The van der Waals surface area contributed by atoms with Crippen LogP contribution in [0.1, 0.15) is 65.4 Å². The van der Waals surface area contributed by atoms with Gasteiger partial charge >= 0.3 is 5.97 Å². The van der Waals surface area contributed by atoms with Gasteiger partial charge < -0.3 is 20.5 Å². The van der Waals surface area contributed by atoms with Crippen LogP contribution in [0.2, 0.25) is 5.02 Å². The predicted octanol–water partition coefficient (Wildman–Crippen LogP) is 5.21. The number of aliphatic carboxylic acids is 1. The van der Waals surface area contributed by atoms with E-state index in [1.807, 2.05) is 39.0 Å². The maximum atomic E-state index is 10.9. The molecule has 1 aromatic rings. The second kappa shape index (κ2) is 13.5. The lowest BCUT2D eigenvalue weighted by Crippen LogP contribution is -2.43. The highest BCUT2D eigenvalue weighted by Crippen LogP contribution is 2.25. The quantitative estimate of drug-likeness (QED) is 0.358. The Morgan fingerprint density at radius 3 is 2.64 bits per heavy atom. The zero-order valence-corrected chi connectivity index (χ0v) is 20.9. The molecule has 0 amide bonds. The fourth-order valence-corrected chi connectivity index (χ4v) is 3.93. The van der Waals surface area contributed by atoms with Crippen molar-refractivity contribution in [1.29, 1.82) is 0 Å². The van der Waals surface area contributed by atoms with Crippen molar-refractivity contribution in [3.63, 3.8) is 0 Å². The van der Waals surface area contributed by atoms with Crippen molar-refractivity contribution >= 4 is 29.1 Å². The summed E-state index contributed by atoms with van der Waals surface area (Å²) in [6.45, 7) is 11.9. The van der Waals surface area contributed by atoms with E-state index in [4.69, 9.17) is 21.4 Å². The number of pyridine rings is 1. The number of nitrogens with one attached hydrogen (secondary N) is 2. The lowest BCUT2D eigenvalue weighted by atomic mass is 9.90. The van der Waals surface area contributed by atoms with Gasteiger partial charge in [0.05, 0.1) is 17.3 Å². The molecule has 2 atom stereocenters. The van der Waals surface area contributed by atoms with Gasteiger partial charge in [0.2, 0.25) is 0 Å². The van der Waals surface area contributed by atoms with E-state index in [-0.39, 0.29) is 6.04 Å². The van der Waals surface area contributed by atoms with Crippen molar-refractivity contribution in [3.8, 4) is 0 Å². The first-order chi connectivity index (χ1) is 15.7. The molecular weight excluding hydrogens is 440 g/mol. The number of aliphatic imine (C=N–C) groups is 1. The first-order valence-electron chi connectivity index (χ1n) is 11.7. The SMILES string of the molecule is C=C(CC)N=C(/C=C\C)c1cc(NC2CCC(N[C@@H](C)CO[C@@H](C)C(=O)O)CC2)ncc1Cl. The topological polar surface area (TPSA) is 95.8 Å². The van der Waals surface area contributed by atoms with Crippen LogP contribution in [0.4, 0.5) is 5.82 Å². The standard InChI is InChI=1S/C25H37ClN4O3/c1-6-8-23(29-16(3)7-2)21-13-24(27-14-22(21)26)30-20-11-9-19(10-12-20)28-17(4)15-33-18(5)25(31)32/h6,8,13-14,17-20,28H,3,7,9-12,15H2,1-2,4-5H3,(H,27,30)(H,31,32)/b8-6-,29-23?/t17-,18-,19?,20?/m0/s1. The van der Waals surface area contributed by atoms with Crippen LogP contribution in [0.3, 0.4) is 0 Å². The molecule has 8 heteroatoms. The Morgan fingerprint density at radius 1 is 1.36 bits per heavy atom. The number of carbonyl (C=O) groups is 1. The molecule has 33 heavy (non-hydrogen) atoms. The summed E-state index contributed by atoms with van der Waals surface area (Å²) in [6.07, 6.45) is 9.60. The molecule has 7 nitrogen and oxygen atoms in total. The lowest BCUT2D eigenvalue weighted by Gasteiger charge is -2.32. The summed E-state index contributed by atoms with van der Waals surface area (Å²) in [5.41, 5.74) is 2.41. The van der Waals surface area contributed by atoms with Crippen LogP contribution in [0.15, 0.2) is 41.7 Å².